The zero-order valence-corrected chi connectivity index (χ0v) is 16.9. The lowest BCUT2D eigenvalue weighted by atomic mass is 9.94. The SMILES string of the molecule is CCN(CC)CCOCCNC(=O)C(Cc1cccs1)c1ccc(F)cc1. The largest absolute Gasteiger partial charge is 0.378 e. The molecule has 1 heterocycles. The first-order valence-electron chi connectivity index (χ1n) is 9.49. The summed E-state index contributed by atoms with van der Waals surface area (Å²) < 4.78 is 18.9. The average molecular weight is 393 g/mol. The van der Waals surface area contributed by atoms with E-state index in [0.29, 0.717) is 26.2 Å². The van der Waals surface area contributed by atoms with Gasteiger partial charge in [0.1, 0.15) is 5.82 Å². The zero-order valence-electron chi connectivity index (χ0n) is 16.1. The van der Waals surface area contributed by atoms with E-state index in [9.17, 15) is 9.18 Å². The van der Waals surface area contributed by atoms with Crippen molar-refractivity contribution in [2.45, 2.75) is 26.2 Å². The molecule has 2 rings (SSSR count). The normalized spacial score (nSPS) is 12.3. The molecule has 1 aromatic heterocycles. The second-order valence-electron chi connectivity index (χ2n) is 6.32. The highest BCUT2D eigenvalue weighted by Gasteiger charge is 2.21. The summed E-state index contributed by atoms with van der Waals surface area (Å²) in [7, 11) is 0. The number of hydrogen-bond donors (Lipinski definition) is 1. The Morgan fingerprint density at radius 1 is 1.19 bits per heavy atom. The monoisotopic (exact) mass is 392 g/mol. The number of nitrogens with zero attached hydrogens (tertiary/aromatic N) is 1. The third kappa shape index (κ3) is 7.40. The maximum Gasteiger partial charge on any atom is 0.227 e. The van der Waals surface area contributed by atoms with Crippen LogP contribution in [0.3, 0.4) is 0 Å². The summed E-state index contributed by atoms with van der Waals surface area (Å²) in [5.41, 5.74) is 0.824. The number of carbonyl (C=O) groups is 1. The van der Waals surface area contributed by atoms with Gasteiger partial charge >= 0.3 is 0 Å². The molecule has 27 heavy (non-hydrogen) atoms. The van der Waals surface area contributed by atoms with Gasteiger partial charge in [-0.15, -0.1) is 11.3 Å². The summed E-state index contributed by atoms with van der Waals surface area (Å²) >= 11 is 1.62. The standard InChI is InChI=1S/C21H29FN2O2S/c1-3-24(4-2)12-14-26-13-11-23-21(25)20(16-19-6-5-15-27-19)17-7-9-18(22)10-8-17/h5-10,15,20H,3-4,11-14,16H2,1-2H3,(H,23,25). The van der Waals surface area contributed by atoms with E-state index in [0.717, 1.165) is 30.1 Å². The molecule has 0 aliphatic rings. The number of ether oxygens (including phenoxy) is 1. The Labute approximate surface area is 165 Å². The van der Waals surface area contributed by atoms with Gasteiger partial charge < -0.3 is 15.0 Å². The van der Waals surface area contributed by atoms with Crippen molar-refractivity contribution in [3.63, 3.8) is 0 Å². The molecule has 0 spiro atoms. The van der Waals surface area contributed by atoms with Crippen LogP contribution >= 0.6 is 11.3 Å². The van der Waals surface area contributed by atoms with Gasteiger partial charge in [0.2, 0.25) is 5.91 Å². The lowest BCUT2D eigenvalue weighted by Gasteiger charge is -2.18. The molecule has 2 aromatic rings. The van der Waals surface area contributed by atoms with Crippen LogP contribution in [0.1, 0.15) is 30.2 Å². The van der Waals surface area contributed by atoms with E-state index in [1.54, 1.807) is 23.5 Å². The number of hydrogen-bond acceptors (Lipinski definition) is 4. The zero-order chi connectivity index (χ0) is 19.5. The second-order valence-corrected chi connectivity index (χ2v) is 7.35. The number of benzene rings is 1. The summed E-state index contributed by atoms with van der Waals surface area (Å²) in [6.07, 6.45) is 0.609. The van der Waals surface area contributed by atoms with E-state index < -0.39 is 0 Å². The molecular weight excluding hydrogens is 363 g/mol. The maximum absolute atomic E-state index is 13.2. The molecule has 1 amide bonds. The molecule has 0 radical (unpaired) electrons. The lowest BCUT2D eigenvalue weighted by molar-refractivity contribution is -0.122. The van der Waals surface area contributed by atoms with Gasteiger partial charge in [-0.3, -0.25) is 4.79 Å². The molecule has 148 valence electrons. The van der Waals surface area contributed by atoms with E-state index in [-0.39, 0.29) is 17.6 Å². The quantitative estimate of drug-likeness (QED) is 0.560. The average Bonchev–Trinajstić information content (AvgIpc) is 3.19. The number of likely N-dealkylation sites (N-methyl/N-ethyl adjacent to an activating group) is 1. The van der Waals surface area contributed by atoms with Crippen LogP contribution in [0.2, 0.25) is 0 Å². The van der Waals surface area contributed by atoms with Crippen LogP contribution in [0, 0.1) is 5.82 Å². The van der Waals surface area contributed by atoms with Crippen molar-refractivity contribution in [2.75, 3.05) is 39.4 Å². The molecule has 0 fully saturated rings. The van der Waals surface area contributed by atoms with Crippen molar-refractivity contribution in [1.82, 2.24) is 10.2 Å². The van der Waals surface area contributed by atoms with Crippen LogP contribution < -0.4 is 5.32 Å². The third-order valence-corrected chi connectivity index (χ3v) is 5.46. The number of nitrogens with one attached hydrogen (secondary N) is 1. The molecule has 6 heteroatoms. The number of rotatable bonds is 12. The van der Waals surface area contributed by atoms with Crippen LogP contribution in [0.15, 0.2) is 41.8 Å². The van der Waals surface area contributed by atoms with E-state index in [1.165, 1.54) is 12.1 Å². The lowest BCUT2D eigenvalue weighted by Crippen LogP contribution is -2.33. The summed E-state index contributed by atoms with van der Waals surface area (Å²) in [6.45, 7) is 8.81. The van der Waals surface area contributed by atoms with Gasteiger partial charge in [0.15, 0.2) is 0 Å². The fourth-order valence-corrected chi connectivity index (χ4v) is 3.64. The van der Waals surface area contributed by atoms with Gasteiger partial charge in [-0.05, 0) is 48.7 Å². The van der Waals surface area contributed by atoms with Crippen LogP contribution in [-0.4, -0.2) is 50.2 Å². The van der Waals surface area contributed by atoms with Gasteiger partial charge in [-0.1, -0.05) is 32.0 Å². The van der Waals surface area contributed by atoms with Crippen molar-refractivity contribution in [3.8, 4) is 0 Å². The van der Waals surface area contributed by atoms with Crippen molar-refractivity contribution in [2.24, 2.45) is 0 Å². The van der Waals surface area contributed by atoms with E-state index in [4.69, 9.17) is 4.74 Å². The maximum atomic E-state index is 13.2. The highest BCUT2D eigenvalue weighted by Crippen LogP contribution is 2.24. The highest BCUT2D eigenvalue weighted by molar-refractivity contribution is 7.09. The van der Waals surface area contributed by atoms with Gasteiger partial charge in [0, 0.05) is 18.0 Å². The molecule has 1 unspecified atom stereocenters. The van der Waals surface area contributed by atoms with Crippen LogP contribution in [-0.2, 0) is 16.0 Å². The van der Waals surface area contributed by atoms with Crippen molar-refractivity contribution in [1.29, 1.82) is 0 Å². The van der Waals surface area contributed by atoms with E-state index >= 15 is 0 Å². The Hall–Kier alpha value is -1.76. The van der Waals surface area contributed by atoms with E-state index in [2.05, 4.69) is 24.1 Å². The third-order valence-electron chi connectivity index (χ3n) is 4.57. The first-order valence-corrected chi connectivity index (χ1v) is 10.4. The Kier molecular flexibility index (Phi) is 9.45. The molecule has 1 atom stereocenters. The Morgan fingerprint density at radius 2 is 1.93 bits per heavy atom. The predicted molar refractivity (Wildman–Crippen MR) is 109 cm³/mol. The minimum atomic E-state index is -0.333. The van der Waals surface area contributed by atoms with Crippen molar-refractivity contribution >= 4 is 17.2 Å². The van der Waals surface area contributed by atoms with E-state index in [1.807, 2.05) is 17.5 Å². The summed E-state index contributed by atoms with van der Waals surface area (Å²) in [4.78, 5) is 16.2. The predicted octanol–water partition coefficient (Wildman–Crippen LogP) is 3.69. The van der Waals surface area contributed by atoms with Crippen LogP contribution in [0.5, 0.6) is 0 Å². The number of amides is 1. The fourth-order valence-electron chi connectivity index (χ4n) is 2.89. The Morgan fingerprint density at radius 3 is 2.56 bits per heavy atom. The Balaban J connectivity index is 1.83. The van der Waals surface area contributed by atoms with Crippen LogP contribution in [0.4, 0.5) is 4.39 Å². The molecule has 0 aliphatic heterocycles. The van der Waals surface area contributed by atoms with Crippen molar-refractivity contribution in [3.05, 3.63) is 58.0 Å². The molecule has 0 aliphatic carbocycles. The molecule has 1 N–H and O–H groups in total. The van der Waals surface area contributed by atoms with Gasteiger partial charge in [0.05, 0.1) is 19.1 Å². The molecule has 0 bridgehead atoms. The molecular formula is C21H29FN2O2S. The molecule has 1 aromatic carbocycles. The molecule has 4 nitrogen and oxygen atoms in total. The van der Waals surface area contributed by atoms with Gasteiger partial charge in [-0.25, -0.2) is 4.39 Å². The number of thiophene rings is 1. The van der Waals surface area contributed by atoms with Gasteiger partial charge in [0.25, 0.3) is 0 Å². The molecule has 0 saturated carbocycles. The van der Waals surface area contributed by atoms with Gasteiger partial charge in [-0.2, -0.15) is 0 Å². The first kappa shape index (κ1) is 21.5. The Bertz CT molecular complexity index is 657. The molecule has 0 saturated heterocycles. The number of carbonyl (C=O) groups excluding carboxylic acids is 1. The highest BCUT2D eigenvalue weighted by atomic mass is 32.1. The number of halogens is 1. The first-order chi connectivity index (χ1) is 13.1. The summed E-state index contributed by atoms with van der Waals surface area (Å²) in [5, 5.41) is 4.96. The minimum absolute atomic E-state index is 0.0534. The minimum Gasteiger partial charge on any atom is -0.378 e. The summed E-state index contributed by atoms with van der Waals surface area (Å²) in [6, 6.07) is 10.2. The van der Waals surface area contributed by atoms with Crippen molar-refractivity contribution < 1.29 is 13.9 Å². The smallest absolute Gasteiger partial charge is 0.227 e. The summed E-state index contributed by atoms with van der Waals surface area (Å²) in [5.74, 6) is -0.682. The van der Waals surface area contributed by atoms with Crippen LogP contribution in [0.25, 0.3) is 0 Å². The fraction of sp³-hybridized carbons (Fsp3) is 0.476. The second kappa shape index (κ2) is 11.8. The topological polar surface area (TPSA) is 41.6 Å².